The molecule has 0 bridgehead atoms. The second-order valence-corrected chi connectivity index (χ2v) is 5.00. The van der Waals surface area contributed by atoms with Crippen molar-refractivity contribution in [2.45, 2.75) is 6.10 Å². The minimum Gasteiger partial charge on any atom is -0.496 e. The highest BCUT2D eigenvalue weighted by atomic mass is 35.5. The maximum absolute atomic E-state index is 6.10. The number of methoxy groups -OCH3 is 1. The van der Waals surface area contributed by atoms with Crippen molar-refractivity contribution in [3.63, 3.8) is 0 Å². The molecule has 106 valence electrons. The lowest BCUT2D eigenvalue weighted by Crippen LogP contribution is -2.19. The number of ether oxygens (including phenoxy) is 2. The standard InChI is InChI=1S/C15H15Cl2NO2/c1-19-13-5-3-2-4-11(13)15(9-18)20-14-8-10(16)6-7-12(14)17/h2-8,15H,9,18H2,1H3. The van der Waals surface area contributed by atoms with Crippen LogP contribution in [0.25, 0.3) is 0 Å². The Morgan fingerprint density at radius 3 is 2.55 bits per heavy atom. The highest BCUT2D eigenvalue weighted by Gasteiger charge is 2.17. The quantitative estimate of drug-likeness (QED) is 0.904. The average Bonchev–Trinajstić information content (AvgIpc) is 2.48. The van der Waals surface area contributed by atoms with Crippen molar-refractivity contribution in [2.24, 2.45) is 5.73 Å². The molecule has 20 heavy (non-hydrogen) atoms. The van der Waals surface area contributed by atoms with Gasteiger partial charge in [-0.2, -0.15) is 0 Å². The van der Waals surface area contributed by atoms with E-state index in [4.69, 9.17) is 38.4 Å². The maximum atomic E-state index is 6.10. The van der Waals surface area contributed by atoms with Crippen LogP contribution in [0.3, 0.4) is 0 Å². The van der Waals surface area contributed by atoms with Crippen molar-refractivity contribution in [3.8, 4) is 11.5 Å². The first-order valence-corrected chi connectivity index (χ1v) is 6.86. The summed E-state index contributed by atoms with van der Waals surface area (Å²) >= 11 is 12.1. The van der Waals surface area contributed by atoms with E-state index in [0.29, 0.717) is 22.3 Å². The Balaban J connectivity index is 2.31. The highest BCUT2D eigenvalue weighted by molar-refractivity contribution is 6.34. The molecule has 2 aromatic rings. The lowest BCUT2D eigenvalue weighted by atomic mass is 10.1. The number of halogens is 2. The van der Waals surface area contributed by atoms with Gasteiger partial charge in [0.2, 0.25) is 0 Å². The lowest BCUT2D eigenvalue weighted by molar-refractivity contribution is 0.209. The van der Waals surface area contributed by atoms with E-state index in [9.17, 15) is 0 Å². The van der Waals surface area contributed by atoms with Gasteiger partial charge in [0.05, 0.1) is 12.1 Å². The Labute approximate surface area is 128 Å². The molecule has 0 amide bonds. The summed E-state index contributed by atoms with van der Waals surface area (Å²) in [6, 6.07) is 12.6. The largest absolute Gasteiger partial charge is 0.496 e. The Bertz CT molecular complexity index is 590. The molecule has 3 nitrogen and oxygen atoms in total. The molecule has 0 aromatic heterocycles. The third kappa shape index (κ3) is 3.37. The SMILES string of the molecule is COc1ccccc1C(CN)Oc1cc(Cl)ccc1Cl. The van der Waals surface area contributed by atoms with Gasteiger partial charge >= 0.3 is 0 Å². The van der Waals surface area contributed by atoms with Gasteiger partial charge in [-0.25, -0.2) is 0 Å². The van der Waals surface area contributed by atoms with E-state index >= 15 is 0 Å². The lowest BCUT2D eigenvalue weighted by Gasteiger charge is -2.20. The van der Waals surface area contributed by atoms with Gasteiger partial charge in [-0.15, -0.1) is 0 Å². The van der Waals surface area contributed by atoms with Gasteiger partial charge < -0.3 is 15.2 Å². The summed E-state index contributed by atoms with van der Waals surface area (Å²) in [4.78, 5) is 0. The second-order valence-electron chi connectivity index (χ2n) is 4.16. The van der Waals surface area contributed by atoms with Gasteiger partial charge in [0.25, 0.3) is 0 Å². The van der Waals surface area contributed by atoms with E-state index in [1.54, 1.807) is 25.3 Å². The number of nitrogens with two attached hydrogens (primary N) is 1. The minimum atomic E-state index is -0.359. The molecule has 1 atom stereocenters. The summed E-state index contributed by atoms with van der Waals surface area (Å²) in [6.07, 6.45) is -0.359. The number of para-hydroxylation sites is 1. The average molecular weight is 312 g/mol. The van der Waals surface area contributed by atoms with Crippen molar-refractivity contribution in [3.05, 3.63) is 58.1 Å². The molecule has 0 aliphatic carbocycles. The number of hydrogen-bond acceptors (Lipinski definition) is 3. The van der Waals surface area contributed by atoms with Gasteiger partial charge in [-0.05, 0) is 18.2 Å². The van der Waals surface area contributed by atoms with Gasteiger partial charge in [0, 0.05) is 23.2 Å². The molecule has 5 heteroatoms. The Morgan fingerprint density at radius 1 is 1.10 bits per heavy atom. The molecule has 1 unspecified atom stereocenters. The van der Waals surface area contributed by atoms with E-state index in [-0.39, 0.29) is 6.10 Å². The molecule has 0 saturated heterocycles. The van der Waals surface area contributed by atoms with Crippen LogP contribution >= 0.6 is 23.2 Å². The predicted molar refractivity (Wildman–Crippen MR) is 81.9 cm³/mol. The van der Waals surface area contributed by atoms with Crippen LogP contribution in [0.1, 0.15) is 11.7 Å². The summed E-state index contributed by atoms with van der Waals surface area (Å²) in [6.45, 7) is 0.295. The molecule has 0 aliphatic rings. The molecule has 0 fully saturated rings. The zero-order chi connectivity index (χ0) is 14.5. The molecule has 0 aliphatic heterocycles. The van der Waals surface area contributed by atoms with Crippen LogP contribution in [-0.2, 0) is 0 Å². The van der Waals surface area contributed by atoms with E-state index in [1.165, 1.54) is 0 Å². The monoisotopic (exact) mass is 311 g/mol. The maximum Gasteiger partial charge on any atom is 0.140 e. The van der Waals surface area contributed by atoms with Crippen molar-refractivity contribution >= 4 is 23.2 Å². The third-order valence-corrected chi connectivity index (χ3v) is 3.41. The van der Waals surface area contributed by atoms with Crippen LogP contribution in [-0.4, -0.2) is 13.7 Å². The molecule has 2 aromatic carbocycles. The first-order valence-electron chi connectivity index (χ1n) is 6.10. The van der Waals surface area contributed by atoms with Crippen LogP contribution < -0.4 is 15.2 Å². The summed E-state index contributed by atoms with van der Waals surface area (Å²) in [7, 11) is 1.61. The van der Waals surface area contributed by atoms with Crippen molar-refractivity contribution < 1.29 is 9.47 Å². The van der Waals surface area contributed by atoms with Gasteiger partial charge in [0.1, 0.15) is 17.6 Å². The highest BCUT2D eigenvalue weighted by Crippen LogP contribution is 2.33. The molecule has 0 spiro atoms. The molecular weight excluding hydrogens is 297 g/mol. The smallest absolute Gasteiger partial charge is 0.140 e. The van der Waals surface area contributed by atoms with E-state index in [2.05, 4.69) is 0 Å². The first kappa shape index (κ1) is 15.0. The molecule has 0 heterocycles. The van der Waals surface area contributed by atoms with Crippen molar-refractivity contribution in [1.82, 2.24) is 0 Å². The molecular formula is C15H15Cl2NO2. The fourth-order valence-electron chi connectivity index (χ4n) is 1.89. The zero-order valence-electron chi connectivity index (χ0n) is 11.0. The summed E-state index contributed by atoms with van der Waals surface area (Å²) in [5, 5.41) is 1.04. The summed E-state index contributed by atoms with van der Waals surface area (Å²) < 4.78 is 11.2. The summed E-state index contributed by atoms with van der Waals surface area (Å²) in [5.74, 6) is 1.22. The molecule has 0 saturated carbocycles. The Kier molecular flexibility index (Phi) is 5.12. The fourth-order valence-corrected chi connectivity index (χ4v) is 2.22. The number of rotatable bonds is 5. The topological polar surface area (TPSA) is 44.5 Å². The van der Waals surface area contributed by atoms with E-state index in [1.807, 2.05) is 24.3 Å². The molecule has 2 rings (SSSR count). The fraction of sp³-hybridized carbons (Fsp3) is 0.200. The summed E-state index contributed by atoms with van der Waals surface area (Å²) in [5.41, 5.74) is 6.68. The van der Waals surface area contributed by atoms with Crippen LogP contribution in [0, 0.1) is 0 Å². The van der Waals surface area contributed by atoms with E-state index < -0.39 is 0 Å². The third-order valence-electron chi connectivity index (χ3n) is 2.86. The van der Waals surface area contributed by atoms with Gasteiger partial charge in [0.15, 0.2) is 0 Å². The Hall–Kier alpha value is -1.42. The Morgan fingerprint density at radius 2 is 1.85 bits per heavy atom. The van der Waals surface area contributed by atoms with Crippen LogP contribution in [0.5, 0.6) is 11.5 Å². The van der Waals surface area contributed by atoms with Crippen molar-refractivity contribution in [2.75, 3.05) is 13.7 Å². The second kappa shape index (κ2) is 6.84. The first-order chi connectivity index (χ1) is 9.65. The molecule has 0 radical (unpaired) electrons. The molecule has 2 N–H and O–H groups in total. The van der Waals surface area contributed by atoms with Crippen LogP contribution in [0.4, 0.5) is 0 Å². The van der Waals surface area contributed by atoms with Crippen molar-refractivity contribution in [1.29, 1.82) is 0 Å². The van der Waals surface area contributed by atoms with Gasteiger partial charge in [-0.1, -0.05) is 41.4 Å². The van der Waals surface area contributed by atoms with Gasteiger partial charge in [-0.3, -0.25) is 0 Å². The normalized spacial score (nSPS) is 12.0. The van der Waals surface area contributed by atoms with Crippen LogP contribution in [0.2, 0.25) is 10.0 Å². The predicted octanol–water partition coefficient (Wildman–Crippen LogP) is 4.08. The van der Waals surface area contributed by atoms with Crippen LogP contribution in [0.15, 0.2) is 42.5 Å². The number of benzene rings is 2. The number of hydrogen-bond donors (Lipinski definition) is 1. The zero-order valence-corrected chi connectivity index (χ0v) is 12.5. The minimum absolute atomic E-state index is 0.295. The van der Waals surface area contributed by atoms with E-state index in [0.717, 1.165) is 11.3 Å².